The predicted octanol–water partition coefficient (Wildman–Crippen LogP) is 2.68. The summed E-state index contributed by atoms with van der Waals surface area (Å²) in [6.07, 6.45) is -1.14. The average Bonchev–Trinajstić information content (AvgIpc) is 2.97. The lowest BCUT2D eigenvalue weighted by Gasteiger charge is -2.23. The Morgan fingerprint density at radius 2 is 2.20 bits per heavy atom. The molecule has 0 unspecified atom stereocenters. The largest absolute Gasteiger partial charge is 0.416 e. The van der Waals surface area contributed by atoms with Crippen molar-refractivity contribution >= 4 is 5.91 Å². The van der Waals surface area contributed by atoms with Crippen LogP contribution >= 0.6 is 0 Å². The molecule has 2 N–H and O–H groups in total. The van der Waals surface area contributed by atoms with E-state index in [0.29, 0.717) is 17.8 Å². The summed E-state index contributed by atoms with van der Waals surface area (Å²) in [5.41, 5.74) is 0.383. The molecule has 1 aromatic carbocycles. The van der Waals surface area contributed by atoms with Crippen LogP contribution in [0.2, 0.25) is 0 Å². The number of alkyl halides is 3. The van der Waals surface area contributed by atoms with Gasteiger partial charge in [0.15, 0.2) is 0 Å². The second-order valence-corrected chi connectivity index (χ2v) is 6.12. The van der Waals surface area contributed by atoms with E-state index in [4.69, 9.17) is 0 Å². The molecule has 5 nitrogen and oxygen atoms in total. The van der Waals surface area contributed by atoms with E-state index in [-0.39, 0.29) is 17.6 Å². The van der Waals surface area contributed by atoms with Gasteiger partial charge >= 0.3 is 6.18 Å². The van der Waals surface area contributed by atoms with E-state index in [0.717, 1.165) is 31.5 Å². The zero-order valence-electron chi connectivity index (χ0n) is 13.7. The van der Waals surface area contributed by atoms with E-state index >= 15 is 0 Å². The summed E-state index contributed by atoms with van der Waals surface area (Å²) in [6, 6.07) is 4.94. The molecular weight excluding hydrogens is 333 g/mol. The van der Waals surface area contributed by atoms with Crippen molar-refractivity contribution in [3.63, 3.8) is 0 Å². The molecule has 0 radical (unpaired) electrons. The number of carbonyl (C=O) groups excluding carboxylic acids is 1. The minimum Gasteiger partial charge on any atom is -0.348 e. The zero-order chi connectivity index (χ0) is 18.0. The Morgan fingerprint density at radius 1 is 1.40 bits per heavy atom. The van der Waals surface area contributed by atoms with Gasteiger partial charge in [-0.05, 0) is 44.5 Å². The summed E-state index contributed by atoms with van der Waals surface area (Å²) >= 11 is 0. The monoisotopic (exact) mass is 352 g/mol. The number of hydrogen-bond donors (Lipinski definition) is 2. The lowest BCUT2D eigenvalue weighted by atomic mass is 10.1. The Morgan fingerprint density at radius 3 is 2.88 bits per heavy atom. The Bertz CT molecular complexity index is 763. The minimum atomic E-state index is -4.43. The molecule has 1 saturated heterocycles. The molecule has 1 aliphatic heterocycles. The van der Waals surface area contributed by atoms with Gasteiger partial charge in [0.1, 0.15) is 0 Å². The SMILES string of the molecule is Cc1c(C(=O)N[C@H]2CCCNC2)cnn1-c1cccc(C(F)(F)F)c1. The number of piperidine rings is 1. The van der Waals surface area contributed by atoms with Gasteiger partial charge in [-0.25, -0.2) is 4.68 Å². The van der Waals surface area contributed by atoms with E-state index in [1.807, 2.05) is 0 Å². The Balaban J connectivity index is 1.82. The van der Waals surface area contributed by atoms with E-state index in [2.05, 4.69) is 15.7 Å². The van der Waals surface area contributed by atoms with Crippen molar-refractivity contribution in [2.24, 2.45) is 0 Å². The third kappa shape index (κ3) is 3.84. The van der Waals surface area contributed by atoms with Gasteiger partial charge in [-0.3, -0.25) is 4.79 Å². The molecule has 2 aromatic rings. The number of aromatic nitrogens is 2. The molecule has 8 heteroatoms. The first-order chi connectivity index (χ1) is 11.9. The third-order valence-corrected chi connectivity index (χ3v) is 4.30. The fourth-order valence-electron chi connectivity index (χ4n) is 2.94. The molecule has 1 fully saturated rings. The summed E-state index contributed by atoms with van der Waals surface area (Å²) in [5, 5.41) is 10.3. The summed E-state index contributed by atoms with van der Waals surface area (Å²) < 4.78 is 40.0. The van der Waals surface area contributed by atoms with Crippen molar-refractivity contribution in [1.29, 1.82) is 0 Å². The van der Waals surface area contributed by atoms with Crippen molar-refractivity contribution in [1.82, 2.24) is 20.4 Å². The zero-order valence-corrected chi connectivity index (χ0v) is 13.7. The average molecular weight is 352 g/mol. The van der Waals surface area contributed by atoms with Gasteiger partial charge in [0.25, 0.3) is 5.91 Å². The van der Waals surface area contributed by atoms with Crippen LogP contribution in [0.4, 0.5) is 13.2 Å². The van der Waals surface area contributed by atoms with Crippen LogP contribution < -0.4 is 10.6 Å². The number of nitrogens with one attached hydrogen (secondary N) is 2. The van der Waals surface area contributed by atoms with Gasteiger partial charge in [0, 0.05) is 12.6 Å². The summed E-state index contributed by atoms with van der Waals surface area (Å²) in [6.45, 7) is 3.33. The molecular formula is C17H19F3N4O. The van der Waals surface area contributed by atoms with E-state index < -0.39 is 11.7 Å². The van der Waals surface area contributed by atoms with Gasteiger partial charge in [0.2, 0.25) is 0 Å². The molecule has 1 amide bonds. The van der Waals surface area contributed by atoms with Crippen LogP contribution in [0.5, 0.6) is 0 Å². The maximum Gasteiger partial charge on any atom is 0.416 e. The Labute approximate surface area is 143 Å². The van der Waals surface area contributed by atoms with E-state index in [1.165, 1.54) is 23.0 Å². The quantitative estimate of drug-likeness (QED) is 0.893. The van der Waals surface area contributed by atoms with E-state index in [1.54, 1.807) is 6.92 Å². The van der Waals surface area contributed by atoms with Crippen molar-refractivity contribution in [3.05, 3.63) is 47.3 Å². The first-order valence-electron chi connectivity index (χ1n) is 8.10. The molecule has 0 bridgehead atoms. The lowest BCUT2D eigenvalue weighted by Crippen LogP contribution is -2.45. The van der Waals surface area contributed by atoms with Crippen LogP contribution in [0.3, 0.4) is 0 Å². The van der Waals surface area contributed by atoms with Crippen LogP contribution in [0.15, 0.2) is 30.5 Å². The summed E-state index contributed by atoms with van der Waals surface area (Å²) in [5.74, 6) is -0.260. The molecule has 1 aliphatic rings. The number of carbonyl (C=O) groups is 1. The van der Waals surface area contributed by atoms with Crippen molar-refractivity contribution in [2.75, 3.05) is 13.1 Å². The normalized spacial score (nSPS) is 18.2. The molecule has 3 rings (SSSR count). The number of hydrogen-bond acceptors (Lipinski definition) is 3. The fraction of sp³-hybridized carbons (Fsp3) is 0.412. The molecule has 0 saturated carbocycles. The smallest absolute Gasteiger partial charge is 0.348 e. The molecule has 25 heavy (non-hydrogen) atoms. The van der Waals surface area contributed by atoms with E-state index in [9.17, 15) is 18.0 Å². The highest BCUT2D eigenvalue weighted by Gasteiger charge is 2.30. The second kappa shape index (κ2) is 6.87. The highest BCUT2D eigenvalue weighted by molar-refractivity contribution is 5.95. The summed E-state index contributed by atoms with van der Waals surface area (Å²) in [4.78, 5) is 12.4. The minimum absolute atomic E-state index is 0.0533. The van der Waals surface area contributed by atoms with Gasteiger partial charge in [0.05, 0.1) is 28.7 Å². The molecule has 2 heterocycles. The maximum absolute atomic E-state index is 12.9. The standard InChI is InChI=1S/C17H19F3N4O/c1-11-15(16(25)23-13-5-3-7-21-9-13)10-22-24(11)14-6-2-4-12(8-14)17(18,19)20/h2,4,6,8,10,13,21H,3,5,7,9H2,1H3,(H,23,25)/t13-/m0/s1. The number of amides is 1. The third-order valence-electron chi connectivity index (χ3n) is 4.30. The van der Waals surface area contributed by atoms with Crippen LogP contribution in [0.1, 0.15) is 34.5 Å². The molecule has 134 valence electrons. The number of halogens is 3. The first-order valence-corrected chi connectivity index (χ1v) is 8.10. The van der Waals surface area contributed by atoms with Gasteiger partial charge < -0.3 is 10.6 Å². The van der Waals surface area contributed by atoms with Crippen LogP contribution in [-0.2, 0) is 6.18 Å². The highest BCUT2D eigenvalue weighted by atomic mass is 19.4. The lowest BCUT2D eigenvalue weighted by molar-refractivity contribution is -0.137. The molecule has 0 aliphatic carbocycles. The van der Waals surface area contributed by atoms with Gasteiger partial charge in [-0.2, -0.15) is 18.3 Å². The van der Waals surface area contributed by atoms with Crippen molar-refractivity contribution in [3.8, 4) is 5.69 Å². The number of nitrogens with zero attached hydrogens (tertiary/aromatic N) is 2. The molecule has 1 atom stereocenters. The number of benzene rings is 1. The van der Waals surface area contributed by atoms with Gasteiger partial charge in [-0.1, -0.05) is 6.07 Å². The Kier molecular flexibility index (Phi) is 4.80. The Hall–Kier alpha value is -2.35. The first kappa shape index (κ1) is 17.5. The summed E-state index contributed by atoms with van der Waals surface area (Å²) in [7, 11) is 0. The van der Waals surface area contributed by atoms with Crippen molar-refractivity contribution < 1.29 is 18.0 Å². The van der Waals surface area contributed by atoms with Crippen LogP contribution in [-0.4, -0.2) is 34.8 Å². The maximum atomic E-state index is 12.9. The highest BCUT2D eigenvalue weighted by Crippen LogP contribution is 2.30. The van der Waals surface area contributed by atoms with Crippen molar-refractivity contribution in [2.45, 2.75) is 32.0 Å². The van der Waals surface area contributed by atoms with Gasteiger partial charge in [-0.15, -0.1) is 0 Å². The van der Waals surface area contributed by atoms with Crippen LogP contribution in [0, 0.1) is 6.92 Å². The molecule has 1 aromatic heterocycles. The van der Waals surface area contributed by atoms with Crippen LogP contribution in [0.25, 0.3) is 5.69 Å². The number of rotatable bonds is 3. The predicted molar refractivity (Wildman–Crippen MR) is 86.7 cm³/mol. The molecule has 0 spiro atoms. The second-order valence-electron chi connectivity index (χ2n) is 6.12. The fourth-order valence-corrected chi connectivity index (χ4v) is 2.94. The topological polar surface area (TPSA) is 59.0 Å².